The van der Waals surface area contributed by atoms with Gasteiger partial charge in [0, 0.05) is 17.9 Å². The molecular formula is C16H13N2O3+. The Labute approximate surface area is 122 Å². The highest BCUT2D eigenvalue weighted by molar-refractivity contribution is 6.14. The summed E-state index contributed by atoms with van der Waals surface area (Å²) in [5.74, 6) is -0.167. The molecule has 1 aromatic heterocycles. The van der Waals surface area contributed by atoms with Gasteiger partial charge in [0.2, 0.25) is 5.78 Å². The van der Waals surface area contributed by atoms with Crippen molar-refractivity contribution in [3.63, 3.8) is 0 Å². The predicted molar refractivity (Wildman–Crippen MR) is 78.4 cm³/mol. The van der Waals surface area contributed by atoms with Gasteiger partial charge in [0.1, 0.15) is 11.4 Å². The third-order valence-electron chi connectivity index (χ3n) is 3.06. The largest absolute Gasteiger partial charge is 1.00 e. The molecule has 2 aromatic carbocycles. The van der Waals surface area contributed by atoms with Crippen molar-refractivity contribution < 1.29 is 15.8 Å². The summed E-state index contributed by atoms with van der Waals surface area (Å²) < 4.78 is 4.94. The lowest BCUT2D eigenvalue weighted by Gasteiger charge is -2.02. The van der Waals surface area contributed by atoms with Gasteiger partial charge in [-0.15, -0.1) is 0 Å². The van der Waals surface area contributed by atoms with Crippen molar-refractivity contribution in [1.82, 2.24) is 10.2 Å². The number of nitrogens with one attached hydrogen (secondary N) is 1. The molecule has 1 N–H and O–H groups in total. The summed E-state index contributed by atoms with van der Waals surface area (Å²) in [6.45, 7) is 1.33. The number of ether oxygens (including phenoxy) is 1. The topological polar surface area (TPSA) is 72.1 Å². The van der Waals surface area contributed by atoms with E-state index in [4.69, 9.17) is 4.74 Å². The number of H-pyrrole nitrogens is 1. The van der Waals surface area contributed by atoms with Crippen LogP contribution in [0.4, 0.5) is 0 Å². The van der Waals surface area contributed by atoms with E-state index in [9.17, 15) is 9.59 Å². The smallest absolute Gasteiger partial charge is 0.427 e. The van der Waals surface area contributed by atoms with Gasteiger partial charge in [0.05, 0.1) is 5.52 Å². The van der Waals surface area contributed by atoms with Crippen molar-refractivity contribution >= 4 is 22.7 Å². The quantitative estimate of drug-likeness (QED) is 0.455. The fourth-order valence-electron chi connectivity index (χ4n) is 2.11. The minimum Gasteiger partial charge on any atom is -0.427 e. The minimum atomic E-state index is -0.396. The van der Waals surface area contributed by atoms with E-state index in [1.54, 1.807) is 24.3 Å². The Kier molecular flexibility index (Phi) is 3.23. The molecule has 104 valence electrons. The van der Waals surface area contributed by atoms with Gasteiger partial charge >= 0.3 is 7.40 Å². The second-order valence-corrected chi connectivity index (χ2v) is 4.56. The highest BCUT2D eigenvalue weighted by atomic mass is 16.5. The van der Waals surface area contributed by atoms with Crippen LogP contribution in [0.5, 0.6) is 5.75 Å². The molecule has 0 amide bonds. The molecule has 0 aliphatic rings. The number of aromatic nitrogens is 2. The number of carbonyl (C=O) groups excluding carboxylic acids is 2. The molecule has 0 radical (unpaired) electrons. The number of ketones is 1. The van der Waals surface area contributed by atoms with Gasteiger partial charge in [-0.25, -0.2) is 0 Å². The van der Waals surface area contributed by atoms with Crippen molar-refractivity contribution in [2.45, 2.75) is 6.92 Å². The van der Waals surface area contributed by atoms with Crippen LogP contribution in [0.2, 0.25) is 0 Å². The number of hydrogen-bond acceptors (Lipinski definition) is 4. The van der Waals surface area contributed by atoms with E-state index in [1.165, 1.54) is 6.92 Å². The number of fused-ring (bicyclic) bond motifs is 1. The van der Waals surface area contributed by atoms with E-state index in [0.29, 0.717) is 17.0 Å². The summed E-state index contributed by atoms with van der Waals surface area (Å²) in [6, 6.07) is 13.9. The summed E-state index contributed by atoms with van der Waals surface area (Å²) >= 11 is 0. The lowest BCUT2D eigenvalue weighted by molar-refractivity contribution is -0.131. The first-order valence-electron chi connectivity index (χ1n) is 6.41. The zero-order valence-electron chi connectivity index (χ0n) is 12.3. The molecule has 3 rings (SSSR count). The molecule has 0 aliphatic heterocycles. The van der Waals surface area contributed by atoms with Gasteiger partial charge in [-0.1, -0.05) is 18.2 Å². The maximum atomic E-state index is 12.5. The Balaban J connectivity index is 0.00000176. The summed E-state index contributed by atoms with van der Waals surface area (Å²) in [7, 11) is 0. The number of carbonyl (C=O) groups is 2. The molecule has 5 nitrogen and oxygen atoms in total. The number of rotatable bonds is 3. The molecule has 0 saturated carbocycles. The van der Waals surface area contributed by atoms with Crippen molar-refractivity contribution in [2.75, 3.05) is 0 Å². The maximum Gasteiger partial charge on any atom is 1.00 e. The van der Waals surface area contributed by atoms with E-state index in [-0.39, 0.29) is 7.21 Å². The average Bonchev–Trinajstić information content (AvgIpc) is 2.90. The molecule has 1 heterocycles. The molecular weight excluding hydrogens is 268 g/mol. The second-order valence-electron chi connectivity index (χ2n) is 4.56. The normalized spacial score (nSPS) is 10.5. The summed E-state index contributed by atoms with van der Waals surface area (Å²) in [4.78, 5) is 23.3. The van der Waals surface area contributed by atoms with Crippen LogP contribution < -0.4 is 4.74 Å². The monoisotopic (exact) mass is 281 g/mol. The lowest BCUT2D eigenvalue weighted by Crippen LogP contribution is -2.04. The summed E-state index contributed by atoms with van der Waals surface area (Å²) in [5, 5.41) is 7.70. The SMILES string of the molecule is CC(=O)Oc1ccc(C(=O)c2n[nH]c3ccccc23)cc1.[H+]. The van der Waals surface area contributed by atoms with Crippen LogP contribution in [0.15, 0.2) is 48.5 Å². The zero-order valence-corrected chi connectivity index (χ0v) is 11.3. The highest BCUT2D eigenvalue weighted by Gasteiger charge is 2.15. The van der Waals surface area contributed by atoms with E-state index in [1.807, 2.05) is 24.3 Å². The third kappa shape index (κ3) is 2.53. The lowest BCUT2D eigenvalue weighted by atomic mass is 10.1. The van der Waals surface area contributed by atoms with Crippen LogP contribution >= 0.6 is 0 Å². The molecule has 0 unspecified atom stereocenters. The van der Waals surface area contributed by atoms with Crippen LogP contribution in [0.3, 0.4) is 0 Å². The molecule has 3 aromatic rings. The Hall–Kier alpha value is -2.95. The Morgan fingerprint density at radius 1 is 1.10 bits per heavy atom. The van der Waals surface area contributed by atoms with Gasteiger partial charge in [-0.05, 0) is 30.3 Å². The van der Waals surface area contributed by atoms with Crippen LogP contribution in [-0.2, 0) is 4.79 Å². The third-order valence-corrected chi connectivity index (χ3v) is 3.06. The molecule has 21 heavy (non-hydrogen) atoms. The molecule has 0 fully saturated rings. The van der Waals surface area contributed by atoms with Crippen LogP contribution in [0, 0.1) is 0 Å². The molecule has 0 saturated heterocycles. The van der Waals surface area contributed by atoms with Crippen LogP contribution in [-0.4, -0.2) is 21.9 Å². The van der Waals surface area contributed by atoms with Gasteiger partial charge in [-0.3, -0.25) is 14.7 Å². The van der Waals surface area contributed by atoms with E-state index in [0.717, 1.165) is 10.9 Å². The Bertz CT molecular complexity index is 825. The van der Waals surface area contributed by atoms with Crippen molar-refractivity contribution in [3.05, 3.63) is 59.8 Å². The standard InChI is InChI=1S/C16H12N2O3/c1-10(19)21-12-8-6-11(7-9-12)16(20)15-13-4-2-3-5-14(13)17-18-15/h2-9H,1H3,(H,17,18)/p+1. The molecule has 0 spiro atoms. The second kappa shape index (κ2) is 5.20. The number of nitrogens with zero attached hydrogens (tertiary/aromatic N) is 1. The first kappa shape index (κ1) is 13.1. The number of aromatic amines is 1. The first-order valence-corrected chi connectivity index (χ1v) is 6.41. The molecule has 0 bridgehead atoms. The summed E-state index contributed by atoms with van der Waals surface area (Å²) in [6.07, 6.45) is 0. The van der Waals surface area contributed by atoms with Gasteiger partial charge < -0.3 is 4.74 Å². The van der Waals surface area contributed by atoms with E-state index in [2.05, 4.69) is 10.2 Å². The van der Waals surface area contributed by atoms with Gasteiger partial charge in [0.25, 0.3) is 0 Å². The van der Waals surface area contributed by atoms with Crippen molar-refractivity contribution in [1.29, 1.82) is 0 Å². The number of benzene rings is 2. The molecule has 0 atom stereocenters. The van der Waals surface area contributed by atoms with Crippen molar-refractivity contribution in [2.24, 2.45) is 0 Å². The Morgan fingerprint density at radius 3 is 2.52 bits per heavy atom. The van der Waals surface area contributed by atoms with Gasteiger partial charge in [0.15, 0.2) is 0 Å². The van der Waals surface area contributed by atoms with Crippen LogP contribution in [0.1, 0.15) is 24.4 Å². The van der Waals surface area contributed by atoms with Crippen LogP contribution in [0.25, 0.3) is 10.9 Å². The summed E-state index contributed by atoms with van der Waals surface area (Å²) in [5.41, 5.74) is 1.69. The number of para-hydroxylation sites is 1. The average molecular weight is 281 g/mol. The number of hydrogen-bond donors (Lipinski definition) is 1. The Morgan fingerprint density at radius 2 is 1.81 bits per heavy atom. The van der Waals surface area contributed by atoms with E-state index < -0.39 is 5.97 Å². The number of esters is 1. The molecule has 0 aliphatic carbocycles. The maximum absolute atomic E-state index is 12.5. The fraction of sp³-hybridized carbons (Fsp3) is 0.0625. The fourth-order valence-corrected chi connectivity index (χ4v) is 2.11. The first-order chi connectivity index (χ1) is 10.1. The van der Waals surface area contributed by atoms with E-state index >= 15 is 0 Å². The van der Waals surface area contributed by atoms with Gasteiger partial charge in [-0.2, -0.15) is 5.10 Å². The highest BCUT2D eigenvalue weighted by Crippen LogP contribution is 2.20. The predicted octanol–water partition coefficient (Wildman–Crippen LogP) is 2.83. The van der Waals surface area contributed by atoms with Crippen molar-refractivity contribution in [3.8, 4) is 5.75 Å². The molecule has 5 heteroatoms. The zero-order chi connectivity index (χ0) is 14.8. The minimum absolute atomic E-state index is 0.